The molecule has 0 fully saturated rings. The lowest BCUT2D eigenvalue weighted by Crippen LogP contribution is -2.44. The van der Waals surface area contributed by atoms with Crippen LogP contribution in [0.2, 0.25) is 0 Å². The SMILES string of the molecule is CCOc1cc2c(cc1OC)-c1cc(=Nc3c(C)cc(C)cc3C)n(CCNC(=O)c3n[nH]nc3F)c(=O)n1CC2. The van der Waals surface area contributed by atoms with E-state index >= 15 is 0 Å². The Balaban J connectivity index is 1.63. The normalized spacial score (nSPS) is 12.6. The molecule has 2 aromatic heterocycles. The number of nitrogens with zero attached hydrogens (tertiary/aromatic N) is 5. The van der Waals surface area contributed by atoms with Crippen molar-refractivity contribution in [1.29, 1.82) is 0 Å². The maximum Gasteiger partial charge on any atom is 0.330 e. The molecule has 214 valence electrons. The second-order valence-corrected chi connectivity index (χ2v) is 9.89. The molecule has 0 unspecified atom stereocenters. The first-order valence-corrected chi connectivity index (χ1v) is 13.4. The number of aromatic nitrogens is 5. The van der Waals surface area contributed by atoms with Gasteiger partial charge in [-0.2, -0.15) is 9.60 Å². The number of carbonyl (C=O) groups excluding carboxylic acids is 1. The van der Waals surface area contributed by atoms with Crippen molar-refractivity contribution >= 4 is 11.6 Å². The summed E-state index contributed by atoms with van der Waals surface area (Å²) in [5.41, 5.74) is 6.17. The Morgan fingerprint density at radius 3 is 2.54 bits per heavy atom. The zero-order valence-corrected chi connectivity index (χ0v) is 23.7. The fourth-order valence-electron chi connectivity index (χ4n) is 5.27. The number of halogens is 1. The number of nitrogens with one attached hydrogen (secondary N) is 2. The molecule has 3 heterocycles. The molecule has 2 aromatic carbocycles. The average Bonchev–Trinajstić information content (AvgIpc) is 3.37. The predicted molar refractivity (Wildman–Crippen MR) is 150 cm³/mol. The standard InChI is InChI=1S/C29H32FN7O4/c1-6-41-23-13-19-7-9-36-21(20(19)14-22(23)40-5)15-24(32-25-17(3)11-16(2)12-18(25)4)37(29(36)39)10-8-31-28(38)26-27(30)34-35-33-26/h11-15H,6-10H2,1-5H3,(H,31,38)(H,33,34,35). The summed E-state index contributed by atoms with van der Waals surface area (Å²) in [5, 5.41) is 11.5. The van der Waals surface area contributed by atoms with Crippen molar-refractivity contribution in [2.45, 2.75) is 47.2 Å². The monoisotopic (exact) mass is 561 g/mol. The molecule has 0 radical (unpaired) electrons. The highest BCUT2D eigenvalue weighted by Crippen LogP contribution is 2.37. The lowest BCUT2D eigenvalue weighted by atomic mass is 9.97. The van der Waals surface area contributed by atoms with Crippen LogP contribution in [-0.4, -0.2) is 50.7 Å². The number of aromatic amines is 1. The number of aryl methyl sites for hydroxylation is 4. The lowest BCUT2D eigenvalue weighted by Gasteiger charge is -2.25. The van der Waals surface area contributed by atoms with E-state index in [1.54, 1.807) is 11.7 Å². The summed E-state index contributed by atoms with van der Waals surface area (Å²) in [6.07, 6.45) is 0.626. The fraction of sp³-hybridized carbons (Fsp3) is 0.345. The van der Waals surface area contributed by atoms with Crippen molar-refractivity contribution in [2.75, 3.05) is 20.3 Å². The Hall–Kier alpha value is -4.74. The van der Waals surface area contributed by atoms with E-state index in [9.17, 15) is 14.0 Å². The van der Waals surface area contributed by atoms with Crippen molar-refractivity contribution in [3.8, 4) is 22.8 Å². The Labute approximate surface area is 235 Å². The van der Waals surface area contributed by atoms with Crippen molar-refractivity contribution in [3.05, 3.63) is 80.2 Å². The van der Waals surface area contributed by atoms with E-state index in [1.807, 2.05) is 58.0 Å². The van der Waals surface area contributed by atoms with Crippen LogP contribution in [0.25, 0.3) is 11.3 Å². The number of H-pyrrole nitrogens is 1. The minimum Gasteiger partial charge on any atom is -0.493 e. The molecule has 2 N–H and O–H groups in total. The summed E-state index contributed by atoms with van der Waals surface area (Å²) in [5.74, 6) is -0.489. The number of hydrogen-bond acceptors (Lipinski definition) is 7. The third-order valence-electron chi connectivity index (χ3n) is 7.07. The van der Waals surface area contributed by atoms with E-state index < -0.39 is 17.5 Å². The first-order valence-electron chi connectivity index (χ1n) is 13.4. The molecule has 1 aliphatic heterocycles. The molecule has 4 aromatic rings. The Bertz CT molecular complexity index is 1750. The van der Waals surface area contributed by atoms with Gasteiger partial charge in [-0.1, -0.05) is 17.7 Å². The van der Waals surface area contributed by atoms with Crippen molar-refractivity contribution in [3.63, 3.8) is 0 Å². The highest BCUT2D eigenvalue weighted by Gasteiger charge is 2.23. The smallest absolute Gasteiger partial charge is 0.330 e. The quantitative estimate of drug-likeness (QED) is 0.340. The Morgan fingerprint density at radius 2 is 1.88 bits per heavy atom. The third kappa shape index (κ3) is 5.37. The largest absolute Gasteiger partial charge is 0.493 e. The van der Waals surface area contributed by atoms with Crippen molar-refractivity contribution < 1.29 is 18.7 Å². The second-order valence-electron chi connectivity index (χ2n) is 9.89. The van der Waals surface area contributed by atoms with Gasteiger partial charge in [-0.15, -0.1) is 10.2 Å². The lowest BCUT2D eigenvalue weighted by molar-refractivity contribution is 0.0942. The average molecular weight is 562 g/mol. The van der Waals surface area contributed by atoms with Crippen LogP contribution in [0, 0.1) is 26.7 Å². The van der Waals surface area contributed by atoms with Crippen LogP contribution < -0.4 is 26.0 Å². The first-order chi connectivity index (χ1) is 19.7. The Morgan fingerprint density at radius 1 is 1.12 bits per heavy atom. The number of ether oxygens (including phenoxy) is 2. The minimum atomic E-state index is -0.994. The minimum absolute atomic E-state index is 0.0426. The van der Waals surface area contributed by atoms with Crippen molar-refractivity contribution in [1.82, 2.24) is 29.9 Å². The highest BCUT2D eigenvalue weighted by molar-refractivity contribution is 5.92. The zero-order valence-electron chi connectivity index (χ0n) is 23.7. The van der Waals surface area contributed by atoms with Gasteiger partial charge in [0.2, 0.25) is 5.69 Å². The first kappa shape index (κ1) is 27.8. The van der Waals surface area contributed by atoms with E-state index in [-0.39, 0.29) is 18.8 Å². The summed E-state index contributed by atoms with van der Waals surface area (Å²) in [4.78, 5) is 31.3. The molecule has 0 aliphatic carbocycles. The third-order valence-corrected chi connectivity index (χ3v) is 7.07. The number of hydrogen-bond donors (Lipinski definition) is 2. The van der Waals surface area contributed by atoms with Crippen LogP contribution in [0.15, 0.2) is 40.1 Å². The zero-order chi connectivity index (χ0) is 29.3. The Kier molecular flexibility index (Phi) is 7.73. The van der Waals surface area contributed by atoms with Crippen LogP contribution in [0.5, 0.6) is 11.5 Å². The number of fused-ring (bicyclic) bond motifs is 3. The van der Waals surface area contributed by atoms with E-state index in [2.05, 4.69) is 20.7 Å². The summed E-state index contributed by atoms with van der Waals surface area (Å²) in [7, 11) is 1.59. The van der Waals surface area contributed by atoms with Crippen molar-refractivity contribution in [2.24, 2.45) is 4.99 Å². The van der Waals surface area contributed by atoms with Gasteiger partial charge in [0.05, 0.1) is 25.1 Å². The van der Waals surface area contributed by atoms with Crippen LogP contribution >= 0.6 is 0 Å². The van der Waals surface area contributed by atoms with E-state index in [1.165, 1.54) is 4.57 Å². The molecule has 5 rings (SSSR count). The maximum absolute atomic E-state index is 14.0. The van der Waals surface area contributed by atoms with Gasteiger partial charge in [-0.25, -0.2) is 9.79 Å². The molecule has 0 bridgehead atoms. The van der Waals surface area contributed by atoms with E-state index in [4.69, 9.17) is 14.5 Å². The molecule has 1 aliphatic rings. The molecule has 1 amide bonds. The van der Waals surface area contributed by atoms with Crippen LogP contribution in [0.3, 0.4) is 0 Å². The van der Waals surface area contributed by atoms with Crippen LogP contribution in [0.1, 0.15) is 39.7 Å². The number of rotatable bonds is 8. The highest BCUT2D eigenvalue weighted by atomic mass is 19.1. The predicted octanol–water partition coefficient (Wildman–Crippen LogP) is 3.13. The number of benzene rings is 2. The summed E-state index contributed by atoms with van der Waals surface area (Å²) in [6.45, 7) is 9.01. The summed E-state index contributed by atoms with van der Waals surface area (Å²) < 4.78 is 28.3. The molecule has 0 spiro atoms. The van der Waals surface area contributed by atoms with Gasteiger partial charge in [-0.05, 0) is 62.9 Å². The van der Waals surface area contributed by atoms with Gasteiger partial charge >= 0.3 is 5.69 Å². The number of carbonyl (C=O) groups is 1. The van der Waals surface area contributed by atoms with Gasteiger partial charge in [0.15, 0.2) is 11.5 Å². The molecule has 11 nitrogen and oxygen atoms in total. The molecule has 0 saturated heterocycles. The van der Waals surface area contributed by atoms with Gasteiger partial charge in [0, 0.05) is 31.3 Å². The molecular formula is C29H32FN7O4. The van der Waals surface area contributed by atoms with Gasteiger partial charge < -0.3 is 14.8 Å². The summed E-state index contributed by atoms with van der Waals surface area (Å²) >= 11 is 0. The van der Waals surface area contributed by atoms with Gasteiger partial charge in [-0.3, -0.25) is 13.9 Å². The van der Waals surface area contributed by atoms with E-state index in [0.717, 1.165) is 33.5 Å². The molecule has 12 heteroatoms. The topological polar surface area (TPSA) is 128 Å². The fourth-order valence-corrected chi connectivity index (χ4v) is 5.27. The molecule has 0 saturated carbocycles. The summed E-state index contributed by atoms with van der Waals surface area (Å²) in [6, 6.07) is 9.84. The molecular weight excluding hydrogens is 529 g/mol. The van der Waals surface area contributed by atoms with E-state index in [0.29, 0.717) is 42.3 Å². The maximum atomic E-state index is 14.0. The molecule has 0 atom stereocenters. The number of amides is 1. The van der Waals surface area contributed by atoms with Crippen LogP contribution in [-0.2, 0) is 19.5 Å². The van der Waals surface area contributed by atoms with Gasteiger partial charge in [0.1, 0.15) is 5.49 Å². The van der Waals surface area contributed by atoms with Crippen LogP contribution in [0.4, 0.5) is 10.1 Å². The second kappa shape index (κ2) is 11.4. The molecule has 41 heavy (non-hydrogen) atoms. The van der Waals surface area contributed by atoms with Gasteiger partial charge in [0.25, 0.3) is 11.9 Å². The number of methoxy groups -OCH3 is 1.